The van der Waals surface area contributed by atoms with Gasteiger partial charge in [-0.1, -0.05) is 6.07 Å². The maximum absolute atomic E-state index is 12.6. The predicted molar refractivity (Wildman–Crippen MR) is 123 cm³/mol. The highest BCUT2D eigenvalue weighted by Gasteiger charge is 2.30. The smallest absolute Gasteiger partial charge is 0.239 e. The number of nitrogens with zero attached hydrogens (tertiary/aromatic N) is 5. The lowest BCUT2D eigenvalue weighted by atomic mass is 10.2. The largest absolute Gasteiger partial charge is 0.351 e. The third kappa shape index (κ3) is 5.79. The molecule has 7 nitrogen and oxygen atoms in total. The summed E-state index contributed by atoms with van der Waals surface area (Å²) >= 11 is 0. The first-order valence-corrected chi connectivity index (χ1v) is 9.99. The van der Waals surface area contributed by atoms with Crippen molar-refractivity contribution in [2.75, 3.05) is 46.3 Å². The molecule has 0 radical (unpaired) electrons. The molecule has 2 aliphatic rings. The van der Waals surface area contributed by atoms with E-state index in [1.165, 1.54) is 0 Å². The molecule has 0 aromatic carbocycles. The fourth-order valence-electron chi connectivity index (χ4n) is 3.88. The van der Waals surface area contributed by atoms with E-state index < -0.39 is 0 Å². The van der Waals surface area contributed by atoms with Gasteiger partial charge in [-0.2, -0.15) is 0 Å². The Labute approximate surface area is 185 Å². The Morgan fingerprint density at radius 1 is 1.14 bits per heavy atom. The number of aromatic nitrogens is 1. The number of nitrogens with one attached hydrogen (secondary N) is 1. The average molecular weight is 500 g/mol. The zero-order valence-electron chi connectivity index (χ0n) is 17.2. The third-order valence-corrected chi connectivity index (χ3v) is 5.52. The van der Waals surface area contributed by atoms with Gasteiger partial charge < -0.3 is 15.1 Å². The maximum atomic E-state index is 12.6. The standard InChI is InChI=1S/C20H32N6O.HI/c1-16-7-6-8-18(23-16)15-22-20(21-3)26-13-11-24(12-14-26)17(2)19(27)25-9-4-5-10-25;/h6-8,17H,4-5,9-15H2,1-3H3,(H,21,22);1H. The Bertz CT molecular complexity index is 668. The van der Waals surface area contributed by atoms with Crippen molar-refractivity contribution in [1.82, 2.24) is 25.0 Å². The van der Waals surface area contributed by atoms with Gasteiger partial charge in [0.1, 0.15) is 0 Å². The number of amides is 1. The quantitative estimate of drug-likeness (QED) is 0.388. The van der Waals surface area contributed by atoms with Crippen LogP contribution in [0.25, 0.3) is 0 Å². The van der Waals surface area contributed by atoms with Gasteiger partial charge in [-0.25, -0.2) is 0 Å². The van der Waals surface area contributed by atoms with E-state index in [-0.39, 0.29) is 35.9 Å². The minimum atomic E-state index is -0.0308. The van der Waals surface area contributed by atoms with Crippen molar-refractivity contribution >= 4 is 35.8 Å². The molecule has 2 fully saturated rings. The Kier molecular flexibility index (Phi) is 8.94. The number of rotatable bonds is 4. The highest BCUT2D eigenvalue weighted by Crippen LogP contribution is 2.14. The lowest BCUT2D eigenvalue weighted by Crippen LogP contribution is -2.57. The molecule has 156 valence electrons. The van der Waals surface area contributed by atoms with Gasteiger partial charge in [-0.3, -0.25) is 19.7 Å². The number of halogens is 1. The van der Waals surface area contributed by atoms with E-state index in [0.717, 1.165) is 69.5 Å². The number of aryl methyl sites for hydroxylation is 1. The number of aliphatic imine (C=N–C) groups is 1. The van der Waals surface area contributed by atoms with Crippen LogP contribution in [0.5, 0.6) is 0 Å². The molecule has 3 heterocycles. The van der Waals surface area contributed by atoms with Crippen LogP contribution in [0.1, 0.15) is 31.2 Å². The van der Waals surface area contributed by atoms with Crippen LogP contribution in [-0.2, 0) is 11.3 Å². The lowest BCUT2D eigenvalue weighted by molar-refractivity contribution is -0.135. The number of piperazine rings is 1. The number of carbonyl (C=O) groups is 1. The number of likely N-dealkylation sites (tertiary alicyclic amines) is 1. The van der Waals surface area contributed by atoms with Crippen LogP contribution in [0.2, 0.25) is 0 Å². The normalized spacial score (nSPS) is 19.3. The van der Waals surface area contributed by atoms with E-state index in [2.05, 4.69) is 25.1 Å². The van der Waals surface area contributed by atoms with Gasteiger partial charge in [0, 0.05) is 52.0 Å². The number of guanidine groups is 1. The van der Waals surface area contributed by atoms with Crippen molar-refractivity contribution < 1.29 is 4.79 Å². The van der Waals surface area contributed by atoms with Gasteiger partial charge in [-0.15, -0.1) is 24.0 Å². The molecule has 0 bridgehead atoms. The van der Waals surface area contributed by atoms with Gasteiger partial charge >= 0.3 is 0 Å². The summed E-state index contributed by atoms with van der Waals surface area (Å²) in [6, 6.07) is 6.02. The molecule has 2 saturated heterocycles. The zero-order valence-corrected chi connectivity index (χ0v) is 19.6. The third-order valence-electron chi connectivity index (χ3n) is 5.52. The first-order valence-electron chi connectivity index (χ1n) is 9.99. The molecule has 0 aliphatic carbocycles. The van der Waals surface area contributed by atoms with Gasteiger partial charge in [0.25, 0.3) is 0 Å². The molecule has 0 spiro atoms. The number of pyridine rings is 1. The fourth-order valence-corrected chi connectivity index (χ4v) is 3.88. The minimum absolute atomic E-state index is 0. The van der Waals surface area contributed by atoms with Crippen LogP contribution in [0.3, 0.4) is 0 Å². The van der Waals surface area contributed by atoms with E-state index in [9.17, 15) is 4.79 Å². The maximum Gasteiger partial charge on any atom is 0.239 e. The second kappa shape index (κ2) is 10.9. The summed E-state index contributed by atoms with van der Waals surface area (Å²) < 4.78 is 0. The molecule has 2 aliphatic heterocycles. The zero-order chi connectivity index (χ0) is 19.2. The summed E-state index contributed by atoms with van der Waals surface area (Å²) in [4.78, 5) is 28.2. The Balaban J connectivity index is 0.00000280. The molecule has 28 heavy (non-hydrogen) atoms. The van der Waals surface area contributed by atoms with Crippen molar-refractivity contribution in [3.8, 4) is 0 Å². The highest BCUT2D eigenvalue weighted by molar-refractivity contribution is 14.0. The lowest BCUT2D eigenvalue weighted by Gasteiger charge is -2.39. The number of hydrogen-bond donors (Lipinski definition) is 1. The number of carbonyl (C=O) groups excluding carboxylic acids is 1. The van der Waals surface area contributed by atoms with E-state index in [1.54, 1.807) is 0 Å². The predicted octanol–water partition coefficient (Wildman–Crippen LogP) is 1.71. The highest BCUT2D eigenvalue weighted by atomic mass is 127. The second-order valence-electron chi connectivity index (χ2n) is 7.40. The molecular weight excluding hydrogens is 467 g/mol. The SMILES string of the molecule is CN=C(NCc1cccc(C)n1)N1CCN(C(C)C(=O)N2CCCC2)CC1.I. The van der Waals surface area contributed by atoms with E-state index in [4.69, 9.17) is 0 Å². The summed E-state index contributed by atoms with van der Waals surface area (Å²) in [5.41, 5.74) is 2.04. The Hall–Kier alpha value is -1.42. The first kappa shape index (κ1) is 22.9. The molecule has 0 saturated carbocycles. The van der Waals surface area contributed by atoms with Crippen molar-refractivity contribution in [3.63, 3.8) is 0 Å². The number of hydrogen-bond acceptors (Lipinski definition) is 4. The summed E-state index contributed by atoms with van der Waals surface area (Å²) in [5.74, 6) is 1.19. The molecule has 1 N–H and O–H groups in total. The van der Waals surface area contributed by atoms with Crippen LogP contribution in [-0.4, -0.2) is 83.9 Å². The van der Waals surface area contributed by atoms with E-state index in [1.807, 2.05) is 44.0 Å². The molecule has 1 aromatic heterocycles. The van der Waals surface area contributed by atoms with Crippen LogP contribution in [0, 0.1) is 6.92 Å². The van der Waals surface area contributed by atoms with Crippen molar-refractivity contribution in [3.05, 3.63) is 29.6 Å². The molecular formula is C20H33IN6O. The Morgan fingerprint density at radius 3 is 2.43 bits per heavy atom. The summed E-state index contributed by atoms with van der Waals surface area (Å²) in [7, 11) is 1.82. The van der Waals surface area contributed by atoms with Crippen LogP contribution in [0.4, 0.5) is 0 Å². The van der Waals surface area contributed by atoms with Crippen molar-refractivity contribution in [2.24, 2.45) is 4.99 Å². The van der Waals surface area contributed by atoms with Gasteiger partial charge in [0.15, 0.2) is 5.96 Å². The summed E-state index contributed by atoms with van der Waals surface area (Å²) in [6.07, 6.45) is 2.29. The summed E-state index contributed by atoms with van der Waals surface area (Å²) in [6.45, 7) is 10.1. The summed E-state index contributed by atoms with van der Waals surface area (Å²) in [5, 5.41) is 3.41. The minimum Gasteiger partial charge on any atom is -0.351 e. The van der Waals surface area contributed by atoms with Crippen LogP contribution >= 0.6 is 24.0 Å². The van der Waals surface area contributed by atoms with Crippen molar-refractivity contribution in [1.29, 1.82) is 0 Å². The fraction of sp³-hybridized carbons (Fsp3) is 0.650. The van der Waals surface area contributed by atoms with E-state index in [0.29, 0.717) is 6.54 Å². The molecule has 8 heteroatoms. The molecule has 1 unspecified atom stereocenters. The van der Waals surface area contributed by atoms with Crippen molar-refractivity contribution in [2.45, 2.75) is 39.3 Å². The van der Waals surface area contributed by atoms with Crippen LogP contribution < -0.4 is 5.32 Å². The van der Waals surface area contributed by atoms with Gasteiger partial charge in [0.05, 0.1) is 18.3 Å². The van der Waals surface area contributed by atoms with Crippen LogP contribution in [0.15, 0.2) is 23.2 Å². The monoisotopic (exact) mass is 500 g/mol. The Morgan fingerprint density at radius 2 is 1.82 bits per heavy atom. The molecule has 3 rings (SSSR count). The molecule has 1 atom stereocenters. The molecule has 1 aromatic rings. The average Bonchev–Trinajstić information content (AvgIpc) is 3.23. The second-order valence-corrected chi connectivity index (χ2v) is 7.40. The van der Waals surface area contributed by atoms with Gasteiger partial charge in [-0.05, 0) is 38.8 Å². The van der Waals surface area contributed by atoms with Gasteiger partial charge in [0.2, 0.25) is 5.91 Å². The molecule has 1 amide bonds. The topological polar surface area (TPSA) is 64.1 Å². The first-order chi connectivity index (χ1) is 13.1. The van der Waals surface area contributed by atoms with E-state index >= 15 is 0 Å².